The van der Waals surface area contributed by atoms with Gasteiger partial charge < -0.3 is 44.5 Å². The van der Waals surface area contributed by atoms with Crippen molar-refractivity contribution >= 4 is 0 Å². The SMILES string of the molecule is CO[C@H]1[C@@H](OC)C[C@@H](O[C@H]2O[C@@H](CO)[C@H](O)[C@@H](O)[C@@H]2O)/C(=C/C#N)[C@@H]1O. The molecule has 0 radical (unpaired) electrons. The third kappa shape index (κ3) is 4.07. The van der Waals surface area contributed by atoms with Crippen molar-refractivity contribution in [1.29, 1.82) is 5.26 Å². The van der Waals surface area contributed by atoms with Gasteiger partial charge in [-0.05, 0) is 0 Å². The van der Waals surface area contributed by atoms with E-state index in [1.165, 1.54) is 14.2 Å². The van der Waals surface area contributed by atoms with Crippen molar-refractivity contribution < 1.29 is 44.5 Å². The van der Waals surface area contributed by atoms with E-state index < -0.39 is 61.7 Å². The normalized spacial score (nSPS) is 45.5. The summed E-state index contributed by atoms with van der Waals surface area (Å²) in [5.74, 6) is 0. The summed E-state index contributed by atoms with van der Waals surface area (Å²) < 4.78 is 21.6. The van der Waals surface area contributed by atoms with E-state index in [4.69, 9.17) is 24.2 Å². The molecule has 26 heavy (non-hydrogen) atoms. The van der Waals surface area contributed by atoms with E-state index >= 15 is 0 Å². The minimum Gasteiger partial charge on any atom is -0.394 e. The summed E-state index contributed by atoms with van der Waals surface area (Å²) in [6, 6.07) is 1.83. The van der Waals surface area contributed by atoms with Crippen LogP contribution in [0.2, 0.25) is 0 Å². The van der Waals surface area contributed by atoms with Gasteiger partial charge in [-0.1, -0.05) is 0 Å². The summed E-state index contributed by atoms with van der Waals surface area (Å²) in [5, 5.41) is 58.5. The molecule has 5 N–H and O–H groups in total. The highest BCUT2D eigenvalue weighted by Gasteiger charge is 2.48. The van der Waals surface area contributed by atoms with Crippen molar-refractivity contribution in [3.63, 3.8) is 0 Å². The van der Waals surface area contributed by atoms with Crippen LogP contribution in [0.4, 0.5) is 0 Å². The average Bonchev–Trinajstić information content (AvgIpc) is 2.64. The number of allylic oxidation sites excluding steroid dienone is 1. The van der Waals surface area contributed by atoms with Gasteiger partial charge in [-0.25, -0.2) is 0 Å². The second-order valence-electron chi connectivity index (χ2n) is 6.25. The van der Waals surface area contributed by atoms with Gasteiger partial charge in [0.2, 0.25) is 0 Å². The summed E-state index contributed by atoms with van der Waals surface area (Å²) in [7, 11) is 2.84. The summed E-state index contributed by atoms with van der Waals surface area (Å²) in [5.41, 5.74) is 0.213. The molecule has 10 nitrogen and oxygen atoms in total. The molecule has 0 aromatic rings. The lowest BCUT2D eigenvalue weighted by atomic mass is 9.84. The number of ether oxygens (including phenoxy) is 4. The van der Waals surface area contributed by atoms with Crippen LogP contribution < -0.4 is 0 Å². The van der Waals surface area contributed by atoms with Gasteiger partial charge in [0.05, 0.1) is 24.9 Å². The summed E-state index contributed by atoms with van der Waals surface area (Å²) in [6.07, 6.45) is -9.22. The molecule has 1 heterocycles. The molecular formula is C16H25NO9. The van der Waals surface area contributed by atoms with Crippen LogP contribution in [0.15, 0.2) is 11.6 Å². The van der Waals surface area contributed by atoms with Crippen molar-refractivity contribution in [1.82, 2.24) is 0 Å². The van der Waals surface area contributed by atoms with Gasteiger partial charge in [-0.2, -0.15) is 5.26 Å². The molecule has 0 bridgehead atoms. The number of rotatable bonds is 5. The number of hydrogen-bond donors (Lipinski definition) is 5. The second-order valence-corrected chi connectivity index (χ2v) is 6.25. The van der Waals surface area contributed by atoms with E-state index in [-0.39, 0.29) is 12.0 Å². The smallest absolute Gasteiger partial charge is 0.187 e. The summed E-state index contributed by atoms with van der Waals surface area (Å²) in [4.78, 5) is 0. The molecule has 148 valence electrons. The average molecular weight is 375 g/mol. The Balaban J connectivity index is 2.22. The largest absolute Gasteiger partial charge is 0.394 e. The minimum atomic E-state index is -1.59. The zero-order valence-electron chi connectivity index (χ0n) is 14.5. The second kappa shape index (κ2) is 9.18. The Kier molecular flexibility index (Phi) is 7.48. The van der Waals surface area contributed by atoms with Crippen LogP contribution in [0.25, 0.3) is 0 Å². The highest BCUT2D eigenvalue weighted by Crippen LogP contribution is 2.33. The van der Waals surface area contributed by atoms with Crippen LogP contribution in [-0.2, 0) is 18.9 Å². The predicted molar refractivity (Wildman–Crippen MR) is 84.6 cm³/mol. The first kappa shape index (κ1) is 21.2. The Hall–Kier alpha value is -1.13. The fraction of sp³-hybridized carbons (Fsp3) is 0.812. The van der Waals surface area contributed by atoms with Gasteiger partial charge >= 0.3 is 0 Å². The van der Waals surface area contributed by atoms with Crippen molar-refractivity contribution in [2.75, 3.05) is 20.8 Å². The van der Waals surface area contributed by atoms with E-state index in [2.05, 4.69) is 0 Å². The topological polar surface area (TPSA) is 162 Å². The monoisotopic (exact) mass is 375 g/mol. The maximum Gasteiger partial charge on any atom is 0.187 e. The van der Waals surface area contributed by atoms with Gasteiger partial charge in [0.15, 0.2) is 6.29 Å². The first-order valence-electron chi connectivity index (χ1n) is 8.18. The molecule has 10 heteroatoms. The molecule has 1 saturated carbocycles. The zero-order chi connectivity index (χ0) is 19.4. The van der Waals surface area contributed by atoms with Gasteiger partial charge in [-0.3, -0.25) is 0 Å². The molecular weight excluding hydrogens is 350 g/mol. The van der Waals surface area contributed by atoms with E-state index in [1.807, 2.05) is 6.07 Å². The first-order chi connectivity index (χ1) is 12.4. The molecule has 1 aliphatic carbocycles. The zero-order valence-corrected chi connectivity index (χ0v) is 14.5. The predicted octanol–water partition coefficient (Wildman–Crippen LogP) is -2.58. The molecule has 2 rings (SSSR count). The molecule has 0 unspecified atom stereocenters. The molecule has 1 saturated heterocycles. The quantitative estimate of drug-likeness (QED) is 0.323. The van der Waals surface area contributed by atoms with Gasteiger partial charge in [0, 0.05) is 32.3 Å². The van der Waals surface area contributed by atoms with Gasteiger partial charge in [0.25, 0.3) is 0 Å². The van der Waals surface area contributed by atoms with Crippen molar-refractivity contribution in [2.24, 2.45) is 0 Å². The highest BCUT2D eigenvalue weighted by atomic mass is 16.7. The molecule has 1 aliphatic heterocycles. The van der Waals surface area contributed by atoms with Crippen molar-refractivity contribution in [3.8, 4) is 6.07 Å². The molecule has 0 amide bonds. The highest BCUT2D eigenvalue weighted by molar-refractivity contribution is 5.26. The molecule has 0 aromatic carbocycles. The lowest BCUT2D eigenvalue weighted by Crippen LogP contribution is -2.60. The Bertz CT molecular complexity index is 534. The van der Waals surface area contributed by atoms with Crippen LogP contribution in [0.5, 0.6) is 0 Å². The van der Waals surface area contributed by atoms with Gasteiger partial charge in [0.1, 0.15) is 36.6 Å². The maximum absolute atomic E-state index is 10.5. The molecule has 2 fully saturated rings. The molecule has 0 spiro atoms. The Labute approximate surface area is 150 Å². The fourth-order valence-corrected chi connectivity index (χ4v) is 3.30. The Morgan fingerprint density at radius 2 is 1.85 bits per heavy atom. The fourth-order valence-electron chi connectivity index (χ4n) is 3.30. The molecule has 9 atom stereocenters. The Morgan fingerprint density at radius 1 is 1.15 bits per heavy atom. The van der Waals surface area contributed by atoms with Crippen LogP contribution in [0, 0.1) is 11.3 Å². The van der Waals surface area contributed by atoms with Gasteiger partial charge in [-0.15, -0.1) is 0 Å². The lowest BCUT2D eigenvalue weighted by molar-refractivity contribution is -0.312. The molecule has 2 aliphatic rings. The minimum absolute atomic E-state index is 0.189. The van der Waals surface area contributed by atoms with E-state index in [1.54, 1.807) is 0 Å². The summed E-state index contributed by atoms with van der Waals surface area (Å²) >= 11 is 0. The van der Waals surface area contributed by atoms with Crippen LogP contribution >= 0.6 is 0 Å². The number of aliphatic hydroxyl groups excluding tert-OH is 5. The van der Waals surface area contributed by atoms with Crippen molar-refractivity contribution in [3.05, 3.63) is 11.6 Å². The van der Waals surface area contributed by atoms with E-state index in [0.29, 0.717) is 0 Å². The third-order valence-corrected chi connectivity index (χ3v) is 4.79. The number of hydrogen-bond acceptors (Lipinski definition) is 10. The van der Waals surface area contributed by atoms with E-state index in [0.717, 1.165) is 6.08 Å². The first-order valence-corrected chi connectivity index (χ1v) is 8.18. The standard InChI is InChI=1S/C16H25NO9/c1-23-9-5-8(7(3-4-17)11(19)15(9)24-2)25-16-14(22)13(21)12(20)10(6-18)26-16/h3,8-16,18-22H,5-6H2,1-2H3/b7-3-/t8-,9+,10+,11+,12+,13-,14+,15+,16+/m1/s1. The maximum atomic E-state index is 10.5. The molecule has 0 aromatic heterocycles. The number of aliphatic hydroxyl groups is 5. The van der Waals surface area contributed by atoms with Crippen LogP contribution in [-0.4, -0.2) is 101 Å². The lowest BCUT2D eigenvalue weighted by Gasteiger charge is -2.44. The van der Waals surface area contributed by atoms with Crippen molar-refractivity contribution in [2.45, 2.75) is 61.5 Å². The number of methoxy groups -OCH3 is 2. The number of nitriles is 1. The van der Waals surface area contributed by atoms with Crippen LogP contribution in [0.1, 0.15) is 6.42 Å². The third-order valence-electron chi connectivity index (χ3n) is 4.79. The van der Waals surface area contributed by atoms with E-state index in [9.17, 15) is 25.5 Å². The van der Waals surface area contributed by atoms with Crippen LogP contribution in [0.3, 0.4) is 0 Å². The Morgan fingerprint density at radius 3 is 2.38 bits per heavy atom. The summed E-state index contributed by atoms with van der Waals surface area (Å²) in [6.45, 7) is -0.592. The number of nitrogens with zero attached hydrogens (tertiary/aromatic N) is 1.